The number of rotatable bonds is 3. The second kappa shape index (κ2) is 6.50. The highest BCUT2D eigenvalue weighted by atomic mass is 16.2. The van der Waals surface area contributed by atoms with Gasteiger partial charge < -0.3 is 4.90 Å². The molecule has 120 valence electrons. The second-order valence-electron chi connectivity index (χ2n) is 5.58. The first-order valence-electron chi connectivity index (χ1n) is 7.54. The zero-order valence-electron chi connectivity index (χ0n) is 13.5. The average molecular weight is 319 g/mol. The van der Waals surface area contributed by atoms with E-state index < -0.39 is 5.91 Å². The maximum atomic E-state index is 12.8. The Labute approximate surface area is 140 Å². The van der Waals surface area contributed by atoms with Gasteiger partial charge in [-0.25, -0.2) is 9.89 Å². The second-order valence-corrected chi connectivity index (χ2v) is 5.58. The molecule has 5 nitrogen and oxygen atoms in total. The van der Waals surface area contributed by atoms with Crippen molar-refractivity contribution >= 4 is 28.9 Å². The van der Waals surface area contributed by atoms with Gasteiger partial charge in [-0.15, -0.1) is 0 Å². The minimum absolute atomic E-state index is 0.156. The Hall–Kier alpha value is -3.21. The van der Waals surface area contributed by atoms with E-state index in [-0.39, 0.29) is 17.2 Å². The van der Waals surface area contributed by atoms with Gasteiger partial charge in [-0.1, -0.05) is 36.4 Å². The van der Waals surface area contributed by atoms with Gasteiger partial charge in [-0.2, -0.15) is 0 Å². The predicted octanol–water partition coefficient (Wildman–Crippen LogP) is 2.78. The van der Waals surface area contributed by atoms with Crippen molar-refractivity contribution in [3.63, 3.8) is 0 Å². The number of imide groups is 1. The van der Waals surface area contributed by atoms with Gasteiger partial charge in [-0.3, -0.25) is 9.59 Å². The average Bonchev–Trinajstić information content (AvgIpc) is 2.80. The van der Waals surface area contributed by atoms with Crippen molar-refractivity contribution < 1.29 is 9.59 Å². The third kappa shape index (κ3) is 2.96. The Morgan fingerprint density at radius 2 is 1.46 bits per heavy atom. The van der Waals surface area contributed by atoms with Crippen LogP contribution in [0, 0.1) is 0 Å². The van der Waals surface area contributed by atoms with Crippen LogP contribution < -0.4 is 4.90 Å². The lowest BCUT2D eigenvalue weighted by Crippen LogP contribution is -2.30. The van der Waals surface area contributed by atoms with Crippen molar-refractivity contribution in [3.05, 3.63) is 72.4 Å². The monoisotopic (exact) mass is 319 g/mol. The van der Waals surface area contributed by atoms with Crippen molar-refractivity contribution in [2.75, 3.05) is 19.0 Å². The van der Waals surface area contributed by atoms with Crippen LogP contribution in [0.4, 0.5) is 11.4 Å². The van der Waals surface area contributed by atoms with Gasteiger partial charge in [0.25, 0.3) is 11.8 Å². The van der Waals surface area contributed by atoms with E-state index in [4.69, 9.17) is 0 Å². The third-order valence-corrected chi connectivity index (χ3v) is 3.49. The van der Waals surface area contributed by atoms with Crippen LogP contribution in [0.15, 0.2) is 77.4 Å². The van der Waals surface area contributed by atoms with E-state index in [1.807, 2.05) is 24.3 Å². The topological polar surface area (TPSA) is 53.0 Å². The molecule has 1 aliphatic rings. The summed E-state index contributed by atoms with van der Waals surface area (Å²) < 4.78 is 0. The van der Waals surface area contributed by atoms with E-state index in [0.717, 1.165) is 4.90 Å². The molecule has 2 aromatic carbocycles. The maximum Gasteiger partial charge on any atom is 0.284 e. The summed E-state index contributed by atoms with van der Waals surface area (Å²) in [6, 6.07) is 18.0. The minimum Gasteiger partial charge on any atom is -0.383 e. The first-order chi connectivity index (χ1) is 11.6. The number of anilines is 1. The lowest BCUT2D eigenvalue weighted by atomic mass is 10.2. The van der Waals surface area contributed by atoms with Crippen molar-refractivity contribution in [3.8, 4) is 0 Å². The van der Waals surface area contributed by atoms with Gasteiger partial charge in [0.1, 0.15) is 5.71 Å². The summed E-state index contributed by atoms with van der Waals surface area (Å²) in [4.78, 5) is 32.9. The molecule has 0 aliphatic carbocycles. The Kier molecular flexibility index (Phi) is 4.24. The zero-order valence-corrected chi connectivity index (χ0v) is 13.5. The molecule has 1 saturated heterocycles. The molecule has 24 heavy (non-hydrogen) atoms. The molecule has 2 amide bonds. The van der Waals surface area contributed by atoms with Crippen LogP contribution in [0.5, 0.6) is 0 Å². The molecule has 0 radical (unpaired) electrons. The van der Waals surface area contributed by atoms with Crippen LogP contribution in [0.3, 0.4) is 0 Å². The summed E-state index contributed by atoms with van der Waals surface area (Å²) in [6.45, 7) is 0. The van der Waals surface area contributed by atoms with E-state index in [2.05, 4.69) is 4.99 Å². The molecule has 3 rings (SSSR count). The molecule has 0 spiro atoms. The fourth-order valence-electron chi connectivity index (χ4n) is 2.46. The molecule has 5 heteroatoms. The van der Waals surface area contributed by atoms with Crippen LogP contribution in [-0.4, -0.2) is 36.5 Å². The third-order valence-electron chi connectivity index (χ3n) is 3.49. The highest BCUT2D eigenvalue weighted by Gasteiger charge is 2.41. The molecule has 0 unspecified atom stereocenters. The maximum absolute atomic E-state index is 12.8. The summed E-state index contributed by atoms with van der Waals surface area (Å²) in [7, 11) is 3.60. The van der Waals surface area contributed by atoms with E-state index in [9.17, 15) is 9.59 Å². The number of hydrogen-bond acceptors (Lipinski definition) is 4. The van der Waals surface area contributed by atoms with Crippen molar-refractivity contribution in [2.24, 2.45) is 4.99 Å². The number of carbonyl (C=O) groups is 2. The Morgan fingerprint density at radius 1 is 0.875 bits per heavy atom. The van der Waals surface area contributed by atoms with Gasteiger partial charge >= 0.3 is 0 Å². The van der Waals surface area contributed by atoms with Crippen molar-refractivity contribution in [1.29, 1.82) is 0 Å². The molecule has 1 heterocycles. The van der Waals surface area contributed by atoms with E-state index in [1.165, 1.54) is 0 Å². The molecular weight excluding hydrogens is 302 g/mol. The van der Waals surface area contributed by atoms with Gasteiger partial charge in [0.2, 0.25) is 0 Å². The first kappa shape index (κ1) is 15.7. The van der Waals surface area contributed by atoms with Gasteiger partial charge in [-0.05, 0) is 24.3 Å². The number of carbonyl (C=O) groups excluding carboxylic acids is 2. The Bertz CT molecular complexity index is 824. The summed E-state index contributed by atoms with van der Waals surface area (Å²) in [6.07, 6.45) is 1.63. The van der Waals surface area contributed by atoms with E-state index >= 15 is 0 Å². The van der Waals surface area contributed by atoms with E-state index in [1.54, 1.807) is 61.6 Å². The molecule has 0 aromatic heterocycles. The van der Waals surface area contributed by atoms with Crippen LogP contribution in [-0.2, 0) is 9.59 Å². The minimum atomic E-state index is -0.414. The number of aliphatic imine (C=N–C) groups is 1. The normalized spacial score (nSPS) is 17.8. The highest BCUT2D eigenvalue weighted by Crippen LogP contribution is 2.26. The SMILES string of the molecule is CN(C)C=C1C(=O)N(c2ccccc2)C(=O)C1=Nc1ccccc1. The summed E-state index contributed by atoms with van der Waals surface area (Å²) in [5.41, 5.74) is 1.62. The molecule has 1 aliphatic heterocycles. The highest BCUT2D eigenvalue weighted by molar-refractivity contribution is 6.65. The van der Waals surface area contributed by atoms with Crippen LogP contribution >= 0.6 is 0 Å². The largest absolute Gasteiger partial charge is 0.383 e. The molecule has 2 aromatic rings. The lowest BCUT2D eigenvalue weighted by Gasteiger charge is -2.12. The Morgan fingerprint density at radius 3 is 2.04 bits per heavy atom. The summed E-state index contributed by atoms with van der Waals surface area (Å²) >= 11 is 0. The number of amides is 2. The fraction of sp³-hybridized carbons (Fsp3) is 0.105. The summed E-state index contributed by atoms with van der Waals surface area (Å²) in [5, 5.41) is 0. The van der Waals surface area contributed by atoms with Crippen molar-refractivity contribution in [1.82, 2.24) is 4.90 Å². The molecule has 0 bridgehead atoms. The Balaban J connectivity index is 2.11. The quantitative estimate of drug-likeness (QED) is 0.646. The van der Waals surface area contributed by atoms with Crippen LogP contribution in [0.1, 0.15) is 0 Å². The number of hydrogen-bond donors (Lipinski definition) is 0. The molecule has 1 fully saturated rings. The molecule has 0 N–H and O–H groups in total. The standard InChI is InChI=1S/C19H17N3O2/c1-21(2)13-16-17(20-14-9-5-3-6-10-14)19(24)22(18(16)23)15-11-7-4-8-12-15/h3-13H,1-2H3. The zero-order chi connectivity index (χ0) is 17.1. The molecular formula is C19H17N3O2. The van der Waals surface area contributed by atoms with Gasteiger partial charge in [0.05, 0.1) is 16.9 Å². The number of nitrogens with zero attached hydrogens (tertiary/aromatic N) is 3. The number of para-hydroxylation sites is 2. The van der Waals surface area contributed by atoms with Gasteiger partial charge in [0.15, 0.2) is 0 Å². The molecule has 0 atom stereocenters. The smallest absolute Gasteiger partial charge is 0.284 e. The summed E-state index contributed by atoms with van der Waals surface area (Å²) in [5.74, 6) is -0.780. The van der Waals surface area contributed by atoms with Crippen molar-refractivity contribution in [2.45, 2.75) is 0 Å². The van der Waals surface area contributed by atoms with E-state index in [0.29, 0.717) is 11.4 Å². The number of benzene rings is 2. The van der Waals surface area contributed by atoms with Gasteiger partial charge in [0, 0.05) is 20.3 Å². The fourth-order valence-corrected chi connectivity index (χ4v) is 2.46. The first-order valence-corrected chi connectivity index (χ1v) is 7.54. The van der Waals surface area contributed by atoms with Crippen LogP contribution in [0.2, 0.25) is 0 Å². The lowest BCUT2D eigenvalue weighted by molar-refractivity contribution is -0.119. The molecule has 0 saturated carbocycles. The van der Waals surface area contributed by atoms with Crippen LogP contribution in [0.25, 0.3) is 0 Å². The predicted molar refractivity (Wildman–Crippen MR) is 94.2 cm³/mol.